The normalized spacial score (nSPS) is 18.1. The van der Waals surface area contributed by atoms with E-state index >= 15 is 0 Å². The number of H-pyrrole nitrogens is 1. The van der Waals surface area contributed by atoms with Crippen molar-refractivity contribution in [3.8, 4) is 11.5 Å². The highest BCUT2D eigenvalue weighted by atomic mass is 127. The molecule has 0 aliphatic heterocycles. The highest BCUT2D eigenvalue weighted by Crippen LogP contribution is 2.37. The number of ether oxygens (including phenoxy) is 2. The number of carbonyl (C=O) groups is 2. The molecule has 3 unspecified atom stereocenters. The molecular formula is C32H38IN3O7. The third-order valence-corrected chi connectivity index (χ3v) is 8.04. The number of rotatable bonds is 12. The molecule has 2 aromatic carbocycles. The summed E-state index contributed by atoms with van der Waals surface area (Å²) in [6, 6.07) is 12.6. The van der Waals surface area contributed by atoms with E-state index in [1.54, 1.807) is 23.1 Å². The minimum Gasteiger partial charge on any atom is -0.493 e. The first kappa shape index (κ1) is 32.5. The van der Waals surface area contributed by atoms with E-state index < -0.39 is 24.2 Å². The van der Waals surface area contributed by atoms with Gasteiger partial charge in [0.05, 0.1) is 29.9 Å². The van der Waals surface area contributed by atoms with Crippen LogP contribution in [0.25, 0.3) is 10.9 Å². The van der Waals surface area contributed by atoms with E-state index in [2.05, 4.69) is 32.9 Å². The van der Waals surface area contributed by atoms with Gasteiger partial charge >= 0.3 is 0 Å². The third-order valence-electron chi connectivity index (χ3n) is 7.24. The molecule has 11 heteroatoms. The number of nitrogens with one attached hydrogen (secondary N) is 2. The molecule has 0 fully saturated rings. The van der Waals surface area contributed by atoms with Gasteiger partial charge in [0.25, 0.3) is 0 Å². The van der Waals surface area contributed by atoms with Crippen LogP contribution in [0.15, 0.2) is 65.8 Å². The lowest BCUT2D eigenvalue weighted by Gasteiger charge is -2.40. The minimum absolute atomic E-state index is 0.0596. The van der Waals surface area contributed by atoms with Crippen LogP contribution in [0.1, 0.15) is 31.5 Å². The van der Waals surface area contributed by atoms with Crippen molar-refractivity contribution < 1.29 is 34.4 Å². The minimum atomic E-state index is -1.19. The number of fused-ring (bicyclic) bond motifs is 1. The number of allylic oxidation sites excluding steroid dienone is 1. The standard InChI is InChI=1S/C32H38IN3O7/c1-19(2)12-29(39)36(10-8-23-15-21-6-4-5-7-25(21)35-23)26-16-22(32(41)34-9-11-37)17-27(30(26)40)43-31-24(33)13-20(18-38)14-28(31)42-3/h4-7,12-15,17,26-27,30,35,37-38,40H,8-11,16,18H2,1-3H3,(H,34,41). The molecule has 1 aliphatic rings. The van der Waals surface area contributed by atoms with Crippen LogP contribution >= 0.6 is 22.6 Å². The molecule has 1 aliphatic carbocycles. The second kappa shape index (κ2) is 14.9. The Morgan fingerprint density at radius 1 is 1.19 bits per heavy atom. The number of aliphatic hydroxyl groups is 3. The zero-order chi connectivity index (χ0) is 31.1. The van der Waals surface area contributed by atoms with Gasteiger partial charge in [-0.3, -0.25) is 9.59 Å². The molecule has 0 saturated heterocycles. The van der Waals surface area contributed by atoms with Crippen molar-refractivity contribution in [2.45, 2.75) is 51.5 Å². The fraction of sp³-hybridized carbons (Fsp3) is 0.375. The van der Waals surface area contributed by atoms with Crippen molar-refractivity contribution in [3.63, 3.8) is 0 Å². The molecule has 1 heterocycles. The number of aromatic nitrogens is 1. The van der Waals surface area contributed by atoms with Gasteiger partial charge in [0.1, 0.15) is 12.2 Å². The maximum Gasteiger partial charge on any atom is 0.247 e. The SMILES string of the molecule is COc1cc(CO)cc(I)c1OC1C=C(C(=O)NCCO)CC(N(CCc2cc3ccccc3[nH]2)C(=O)C=C(C)C)C1O. The highest BCUT2D eigenvalue weighted by molar-refractivity contribution is 14.1. The van der Waals surface area contributed by atoms with E-state index in [0.717, 1.165) is 22.2 Å². The Morgan fingerprint density at radius 3 is 2.63 bits per heavy atom. The summed E-state index contributed by atoms with van der Waals surface area (Å²) < 4.78 is 12.5. The average Bonchev–Trinajstić information content (AvgIpc) is 3.40. The predicted octanol–water partition coefficient (Wildman–Crippen LogP) is 3.23. The van der Waals surface area contributed by atoms with Gasteiger partial charge < -0.3 is 40.0 Å². The van der Waals surface area contributed by atoms with Crippen LogP contribution in [0.3, 0.4) is 0 Å². The third kappa shape index (κ3) is 7.96. The average molecular weight is 704 g/mol. The van der Waals surface area contributed by atoms with Crippen molar-refractivity contribution in [2.75, 3.05) is 26.8 Å². The number of carbonyl (C=O) groups excluding carboxylic acids is 2. The summed E-state index contributed by atoms with van der Waals surface area (Å²) in [5.74, 6) is 0.00955. The molecule has 0 radical (unpaired) electrons. The lowest BCUT2D eigenvalue weighted by Crippen LogP contribution is -2.55. The van der Waals surface area contributed by atoms with Crippen molar-refractivity contribution >= 4 is 45.3 Å². The Morgan fingerprint density at radius 2 is 1.95 bits per heavy atom. The lowest BCUT2D eigenvalue weighted by atomic mass is 9.88. The fourth-order valence-corrected chi connectivity index (χ4v) is 5.97. The van der Waals surface area contributed by atoms with E-state index in [-0.39, 0.29) is 38.6 Å². The van der Waals surface area contributed by atoms with Crippen LogP contribution in [0.5, 0.6) is 11.5 Å². The fourth-order valence-electron chi connectivity index (χ4n) is 5.17. The van der Waals surface area contributed by atoms with E-state index in [1.807, 2.05) is 44.2 Å². The summed E-state index contributed by atoms with van der Waals surface area (Å²) in [4.78, 5) is 31.7. The molecule has 5 N–H and O–H groups in total. The van der Waals surface area contributed by atoms with Gasteiger partial charge in [0.15, 0.2) is 11.5 Å². The van der Waals surface area contributed by atoms with Gasteiger partial charge in [-0.05, 0) is 77.7 Å². The molecule has 0 saturated carbocycles. The number of aromatic amines is 1. The second-order valence-electron chi connectivity index (χ2n) is 10.7. The molecule has 3 aromatic rings. The van der Waals surface area contributed by atoms with Crippen molar-refractivity contribution in [1.29, 1.82) is 0 Å². The zero-order valence-corrected chi connectivity index (χ0v) is 26.6. The molecule has 3 atom stereocenters. The summed E-state index contributed by atoms with van der Waals surface area (Å²) in [6.07, 6.45) is 1.47. The zero-order valence-electron chi connectivity index (χ0n) is 24.5. The monoisotopic (exact) mass is 703 g/mol. The van der Waals surface area contributed by atoms with E-state index in [0.29, 0.717) is 32.6 Å². The van der Waals surface area contributed by atoms with Gasteiger partial charge in [-0.25, -0.2) is 0 Å². The second-order valence-corrected chi connectivity index (χ2v) is 11.8. The van der Waals surface area contributed by atoms with Crippen LogP contribution < -0.4 is 14.8 Å². The van der Waals surface area contributed by atoms with Gasteiger partial charge in [0, 0.05) is 48.8 Å². The van der Waals surface area contributed by atoms with Crippen LogP contribution in [0, 0.1) is 3.57 Å². The van der Waals surface area contributed by atoms with Gasteiger partial charge in [-0.1, -0.05) is 23.8 Å². The first-order valence-corrected chi connectivity index (χ1v) is 15.2. The van der Waals surface area contributed by atoms with Crippen molar-refractivity contribution in [2.24, 2.45) is 0 Å². The Balaban J connectivity index is 1.70. The van der Waals surface area contributed by atoms with Crippen molar-refractivity contribution in [3.05, 3.63) is 80.6 Å². The Kier molecular flexibility index (Phi) is 11.2. The van der Waals surface area contributed by atoms with Crippen LogP contribution in [0.4, 0.5) is 0 Å². The number of hydrogen-bond acceptors (Lipinski definition) is 7. The number of halogens is 1. The molecule has 4 rings (SSSR count). The van der Waals surface area contributed by atoms with Crippen molar-refractivity contribution in [1.82, 2.24) is 15.2 Å². The number of aliphatic hydroxyl groups excluding tert-OH is 3. The Labute approximate surface area is 264 Å². The van der Waals surface area contributed by atoms with Gasteiger partial charge in [0.2, 0.25) is 11.8 Å². The first-order valence-electron chi connectivity index (χ1n) is 14.1. The predicted molar refractivity (Wildman–Crippen MR) is 172 cm³/mol. The summed E-state index contributed by atoms with van der Waals surface area (Å²) in [5.41, 5.74) is 3.70. The number of nitrogens with zero attached hydrogens (tertiary/aromatic N) is 1. The highest BCUT2D eigenvalue weighted by Gasteiger charge is 2.40. The Hall–Kier alpha value is -3.39. The quantitative estimate of drug-likeness (QED) is 0.144. The number of amides is 2. The lowest BCUT2D eigenvalue weighted by molar-refractivity contribution is -0.133. The smallest absolute Gasteiger partial charge is 0.247 e. The van der Waals surface area contributed by atoms with Gasteiger partial charge in [-0.15, -0.1) is 0 Å². The molecule has 230 valence electrons. The molecule has 0 bridgehead atoms. The topological polar surface area (TPSA) is 144 Å². The molecule has 1 aromatic heterocycles. The van der Waals surface area contributed by atoms with Gasteiger partial charge in [-0.2, -0.15) is 0 Å². The Bertz CT molecular complexity index is 1480. The maximum atomic E-state index is 13.6. The summed E-state index contributed by atoms with van der Waals surface area (Å²) in [6.45, 7) is 3.58. The van der Waals surface area contributed by atoms with Crippen LogP contribution in [-0.4, -0.2) is 82.1 Å². The van der Waals surface area contributed by atoms with E-state index in [9.17, 15) is 24.9 Å². The number of hydrogen-bond donors (Lipinski definition) is 5. The summed E-state index contributed by atoms with van der Waals surface area (Å²) >= 11 is 2.07. The molecule has 2 amide bonds. The number of benzene rings is 2. The molecule has 43 heavy (non-hydrogen) atoms. The number of methoxy groups -OCH3 is 1. The van der Waals surface area contributed by atoms with E-state index in [1.165, 1.54) is 13.2 Å². The molecule has 0 spiro atoms. The van der Waals surface area contributed by atoms with Crippen LogP contribution in [-0.2, 0) is 22.6 Å². The maximum absolute atomic E-state index is 13.6. The van der Waals surface area contributed by atoms with E-state index in [4.69, 9.17) is 9.47 Å². The van der Waals surface area contributed by atoms with Crippen LogP contribution in [0.2, 0.25) is 0 Å². The largest absolute Gasteiger partial charge is 0.493 e. The summed E-state index contributed by atoms with van der Waals surface area (Å²) in [7, 11) is 1.48. The molecule has 10 nitrogen and oxygen atoms in total. The summed E-state index contributed by atoms with van der Waals surface area (Å²) in [5, 5.41) is 34.4. The number of para-hydroxylation sites is 1. The first-order chi connectivity index (χ1) is 20.6. The molecular weight excluding hydrogens is 665 g/mol.